The van der Waals surface area contributed by atoms with Crippen LogP contribution in [0.15, 0.2) is 29.6 Å². The van der Waals surface area contributed by atoms with Crippen LogP contribution in [0.5, 0.6) is 5.75 Å². The Morgan fingerprint density at radius 3 is 2.54 bits per heavy atom. The summed E-state index contributed by atoms with van der Waals surface area (Å²) in [6, 6.07) is 5.18. The Kier molecular flexibility index (Phi) is 8.43. The maximum Gasteiger partial charge on any atom is 0.325 e. The van der Waals surface area contributed by atoms with Gasteiger partial charge in [0.15, 0.2) is 5.82 Å². The van der Waals surface area contributed by atoms with Gasteiger partial charge in [0.2, 0.25) is 11.8 Å². The molecule has 2 aliphatic heterocycles. The number of aromatic nitrogens is 2. The van der Waals surface area contributed by atoms with Crippen LogP contribution in [0.3, 0.4) is 0 Å². The van der Waals surface area contributed by atoms with E-state index in [4.69, 9.17) is 14.6 Å². The maximum atomic E-state index is 15.4. The van der Waals surface area contributed by atoms with Crippen molar-refractivity contribution >= 4 is 34.9 Å². The number of amidine groups is 1. The van der Waals surface area contributed by atoms with Crippen molar-refractivity contribution in [3.05, 3.63) is 30.0 Å². The Bertz CT molecular complexity index is 1280. The molecule has 2 N–H and O–H groups in total. The number of hydrogen-bond donors (Lipinski definition) is 2. The molecule has 2 aromatic rings. The van der Waals surface area contributed by atoms with Gasteiger partial charge in [-0.1, -0.05) is 18.0 Å². The number of nitrogens with one attached hydrogen (secondary N) is 2. The van der Waals surface area contributed by atoms with E-state index in [0.29, 0.717) is 28.5 Å². The number of hydrogen-bond acceptors (Lipinski definition) is 9. The van der Waals surface area contributed by atoms with Gasteiger partial charge in [-0.2, -0.15) is 13.8 Å². The van der Waals surface area contributed by atoms with Gasteiger partial charge in [-0.15, -0.1) is 0 Å². The molecule has 1 aliphatic carbocycles. The summed E-state index contributed by atoms with van der Waals surface area (Å²) < 4.78 is 36.5. The fourth-order valence-electron chi connectivity index (χ4n) is 5.80. The third-order valence-electron chi connectivity index (χ3n) is 8.10. The van der Waals surface area contributed by atoms with Crippen LogP contribution in [-0.4, -0.2) is 92.6 Å². The highest BCUT2D eigenvalue weighted by Crippen LogP contribution is 2.40. The van der Waals surface area contributed by atoms with Crippen LogP contribution in [-0.2, 0) is 4.84 Å². The van der Waals surface area contributed by atoms with Crippen molar-refractivity contribution in [3.63, 3.8) is 0 Å². The minimum absolute atomic E-state index is 0.0745. The van der Waals surface area contributed by atoms with Crippen molar-refractivity contribution < 1.29 is 23.1 Å². The smallest absolute Gasteiger partial charge is 0.325 e. The summed E-state index contributed by atoms with van der Waals surface area (Å²) in [6.45, 7) is 1.33. The number of amides is 1. The van der Waals surface area contributed by atoms with Gasteiger partial charge in [0.05, 0.1) is 25.5 Å². The predicted octanol–water partition coefficient (Wildman–Crippen LogP) is 3.85. The van der Waals surface area contributed by atoms with Gasteiger partial charge in [0.25, 0.3) is 5.91 Å². The summed E-state index contributed by atoms with van der Waals surface area (Å²) in [5.41, 5.74) is 1.43. The van der Waals surface area contributed by atoms with E-state index in [2.05, 4.69) is 32.7 Å². The molecule has 0 radical (unpaired) electrons. The van der Waals surface area contributed by atoms with E-state index in [1.165, 1.54) is 32.4 Å². The molecule has 13 heteroatoms. The summed E-state index contributed by atoms with van der Waals surface area (Å²) in [4.78, 5) is 32.1. The van der Waals surface area contributed by atoms with Crippen LogP contribution in [0, 0.1) is 0 Å². The Labute approximate surface area is 238 Å². The first-order chi connectivity index (χ1) is 19.7. The lowest BCUT2D eigenvalue weighted by Crippen LogP contribution is -2.48. The monoisotopic (exact) mass is 572 g/mol. The lowest BCUT2D eigenvalue weighted by molar-refractivity contribution is 0.0749. The molecule has 2 fully saturated rings. The number of ether oxygens (including phenoxy) is 1. The van der Waals surface area contributed by atoms with Gasteiger partial charge in [0.1, 0.15) is 18.5 Å². The lowest BCUT2D eigenvalue weighted by atomic mass is 10.0. The molecular weight excluding hydrogens is 534 g/mol. The number of benzene rings is 1. The molecule has 0 spiro atoms. The second-order valence-electron chi connectivity index (χ2n) is 10.9. The van der Waals surface area contributed by atoms with Crippen LogP contribution in [0.2, 0.25) is 0 Å². The van der Waals surface area contributed by atoms with Gasteiger partial charge in [-0.05, 0) is 64.0 Å². The second kappa shape index (κ2) is 12.0. The van der Waals surface area contributed by atoms with E-state index in [-0.39, 0.29) is 23.9 Å². The number of alkyl halides is 2. The van der Waals surface area contributed by atoms with E-state index in [1.54, 1.807) is 23.1 Å². The highest BCUT2D eigenvalue weighted by molar-refractivity contribution is 6.05. The number of halogens is 2. The molecule has 1 aromatic carbocycles. The number of piperidine rings is 1. The van der Waals surface area contributed by atoms with Crippen LogP contribution in [0.4, 0.5) is 31.9 Å². The molecule has 5 rings (SSSR count). The van der Waals surface area contributed by atoms with Gasteiger partial charge in [-0.25, -0.2) is 4.98 Å². The summed E-state index contributed by atoms with van der Waals surface area (Å²) in [5.74, 6) is -2.87. The molecule has 11 nitrogen and oxygen atoms in total. The number of oxime groups is 1. The minimum atomic E-state index is -3.27. The number of rotatable bonds is 7. The molecule has 1 saturated carbocycles. The van der Waals surface area contributed by atoms with Crippen LogP contribution in [0.25, 0.3) is 0 Å². The summed E-state index contributed by atoms with van der Waals surface area (Å²) >= 11 is 0. The van der Waals surface area contributed by atoms with Crippen molar-refractivity contribution in [3.8, 4) is 5.75 Å². The SMILES string of the molecule is CON=C1N(C)c2cnc(Nc3ccc(C(=O)NC4CCN(C)CC4)cc3OC)nc2N(C2CCCC2)CC1(F)F. The average molecular weight is 573 g/mol. The largest absolute Gasteiger partial charge is 0.495 e. The highest BCUT2D eigenvalue weighted by atomic mass is 19.3. The fourth-order valence-corrected chi connectivity index (χ4v) is 5.80. The average Bonchev–Trinajstić information content (AvgIpc) is 3.48. The molecule has 3 aliphatic rings. The summed E-state index contributed by atoms with van der Waals surface area (Å²) in [5, 5.41) is 9.93. The van der Waals surface area contributed by atoms with E-state index in [9.17, 15) is 4.79 Å². The standard InChI is InChI=1S/C28H38F2N8O3/c1-36-13-11-19(12-14-36)32-25(39)18-9-10-21(23(15-18)40-3)33-27-31-16-22-24(34-27)38(20-7-5-6-8-20)17-28(29,30)26(35-41-4)37(22)2/h9-10,15-16,19-20H,5-8,11-14,17H2,1-4H3,(H,32,39)(H,31,33,34). The van der Waals surface area contributed by atoms with E-state index < -0.39 is 18.3 Å². The van der Waals surface area contributed by atoms with Crippen molar-refractivity contribution in [2.45, 2.75) is 56.5 Å². The molecule has 0 bridgehead atoms. The predicted molar refractivity (Wildman–Crippen MR) is 154 cm³/mol. The summed E-state index contributed by atoms with van der Waals surface area (Å²) in [6.07, 6.45) is 6.88. The molecule has 1 aromatic heterocycles. The lowest BCUT2D eigenvalue weighted by Gasteiger charge is -2.31. The Morgan fingerprint density at radius 2 is 1.85 bits per heavy atom. The first kappa shape index (κ1) is 28.8. The first-order valence-corrected chi connectivity index (χ1v) is 14.0. The van der Waals surface area contributed by atoms with Crippen molar-refractivity contribution in [2.75, 3.05) is 63.1 Å². The second-order valence-corrected chi connectivity index (χ2v) is 10.9. The number of methoxy groups -OCH3 is 1. The number of nitrogens with zero attached hydrogens (tertiary/aromatic N) is 6. The molecule has 0 atom stereocenters. The highest BCUT2D eigenvalue weighted by Gasteiger charge is 2.47. The van der Waals surface area contributed by atoms with Crippen LogP contribution < -0.4 is 25.2 Å². The zero-order valence-electron chi connectivity index (χ0n) is 24.0. The van der Waals surface area contributed by atoms with Crippen LogP contribution >= 0.6 is 0 Å². The zero-order chi connectivity index (χ0) is 29.1. The zero-order valence-corrected chi connectivity index (χ0v) is 24.0. The van der Waals surface area contributed by atoms with Crippen molar-refractivity contribution in [1.82, 2.24) is 20.2 Å². The molecule has 1 saturated heterocycles. The van der Waals surface area contributed by atoms with Crippen LogP contribution in [0.1, 0.15) is 48.9 Å². The first-order valence-electron chi connectivity index (χ1n) is 14.0. The Hall–Kier alpha value is -3.74. The minimum Gasteiger partial charge on any atom is -0.495 e. The van der Waals surface area contributed by atoms with E-state index in [1.807, 2.05) is 0 Å². The quantitative estimate of drug-likeness (QED) is 0.479. The Balaban J connectivity index is 1.41. The number of carbonyl (C=O) groups is 1. The van der Waals surface area contributed by atoms with E-state index in [0.717, 1.165) is 51.6 Å². The third kappa shape index (κ3) is 6.14. The van der Waals surface area contributed by atoms with Gasteiger partial charge >= 0.3 is 5.92 Å². The normalized spacial score (nSPS) is 21.0. The number of fused-ring (bicyclic) bond motifs is 1. The molecule has 3 heterocycles. The molecule has 222 valence electrons. The molecular formula is C28H38F2N8O3. The number of likely N-dealkylation sites (tertiary alicyclic amines) is 1. The fraction of sp³-hybridized carbons (Fsp3) is 0.571. The van der Waals surface area contributed by atoms with E-state index >= 15 is 8.78 Å². The summed E-state index contributed by atoms with van der Waals surface area (Å²) in [7, 11) is 6.36. The number of carbonyl (C=O) groups excluding carboxylic acids is 1. The van der Waals surface area contributed by atoms with Gasteiger partial charge < -0.3 is 34.9 Å². The molecule has 41 heavy (non-hydrogen) atoms. The van der Waals surface area contributed by atoms with Crippen molar-refractivity contribution in [2.24, 2.45) is 5.16 Å². The maximum absolute atomic E-state index is 15.4. The molecule has 0 unspecified atom stereocenters. The van der Waals surface area contributed by atoms with Gasteiger partial charge in [0, 0.05) is 24.7 Å². The molecule has 1 amide bonds. The topological polar surface area (TPSA) is 107 Å². The Morgan fingerprint density at radius 1 is 1.12 bits per heavy atom. The third-order valence-corrected chi connectivity index (χ3v) is 8.10. The van der Waals surface area contributed by atoms with Crippen molar-refractivity contribution in [1.29, 1.82) is 0 Å². The van der Waals surface area contributed by atoms with Gasteiger partial charge in [-0.3, -0.25) is 4.79 Å². The number of anilines is 4.